The maximum atomic E-state index is 3.90. The summed E-state index contributed by atoms with van der Waals surface area (Å²) in [4.78, 5) is 11.4. The molecule has 0 aromatic heterocycles. The van der Waals surface area contributed by atoms with Crippen LogP contribution in [0.3, 0.4) is 0 Å². The van der Waals surface area contributed by atoms with E-state index in [4.69, 9.17) is 0 Å². The van der Waals surface area contributed by atoms with Gasteiger partial charge in [-0.2, -0.15) is 0 Å². The zero-order chi connectivity index (χ0) is 7.82. The summed E-state index contributed by atoms with van der Waals surface area (Å²) in [6.45, 7) is 7.04. The van der Waals surface area contributed by atoms with Gasteiger partial charge in [0.2, 0.25) is 0 Å². The Hall–Kier alpha value is -1.25. The van der Waals surface area contributed by atoms with Crippen LogP contribution < -0.4 is 0 Å². The van der Waals surface area contributed by atoms with Crippen molar-refractivity contribution in [2.75, 3.05) is 0 Å². The number of amidine groups is 1. The van der Waals surface area contributed by atoms with Crippen molar-refractivity contribution in [1.29, 1.82) is 0 Å². The van der Waals surface area contributed by atoms with Gasteiger partial charge in [-0.05, 0) is 13.8 Å². The largest absolute Gasteiger partial charge is 0.246 e. The molecule has 0 unspecified atom stereocenters. The van der Waals surface area contributed by atoms with E-state index in [0.29, 0.717) is 5.84 Å². The van der Waals surface area contributed by atoms with Gasteiger partial charge in [0.1, 0.15) is 12.2 Å². The molecule has 0 heterocycles. The van der Waals surface area contributed by atoms with E-state index in [9.17, 15) is 0 Å². The average molecular weight is 137 g/mol. The fourth-order valence-electron chi connectivity index (χ4n) is 0.384. The molecule has 0 radical (unpaired) electrons. The average Bonchev–Trinajstić information content (AvgIpc) is 1.89. The molecule has 0 bridgehead atoms. The van der Waals surface area contributed by atoms with Crippen molar-refractivity contribution >= 4 is 18.4 Å². The van der Waals surface area contributed by atoms with Gasteiger partial charge in [0.05, 0.1) is 0 Å². The van der Waals surface area contributed by atoms with Gasteiger partial charge in [-0.3, -0.25) is 0 Å². The van der Waals surface area contributed by atoms with E-state index >= 15 is 0 Å². The Bertz CT molecular complexity index is 177. The van der Waals surface area contributed by atoms with Crippen LogP contribution in [0.5, 0.6) is 0 Å². The molecule has 0 fully saturated rings. The van der Waals surface area contributed by atoms with Crippen molar-refractivity contribution in [2.24, 2.45) is 15.0 Å². The van der Waals surface area contributed by atoms with Crippen molar-refractivity contribution in [2.45, 2.75) is 13.8 Å². The van der Waals surface area contributed by atoms with Crippen LogP contribution in [0, 0.1) is 0 Å². The standard InChI is InChI=1S/C7H11N3/c1-4-8-6-10-7(3)9-5-2/h4-6H,1H2,2-3H3. The molecule has 0 aliphatic carbocycles. The Morgan fingerprint density at radius 3 is 2.70 bits per heavy atom. The second-order valence-electron chi connectivity index (χ2n) is 1.51. The molecule has 0 saturated heterocycles. The van der Waals surface area contributed by atoms with Gasteiger partial charge in [0, 0.05) is 12.4 Å². The summed E-state index contributed by atoms with van der Waals surface area (Å²) in [5.41, 5.74) is 0. The molecule has 0 amide bonds. The number of rotatable bonds is 2. The normalized spacial score (nSPS) is 13.2. The second-order valence-corrected chi connectivity index (χ2v) is 1.51. The van der Waals surface area contributed by atoms with E-state index in [1.54, 1.807) is 13.1 Å². The monoisotopic (exact) mass is 137 g/mol. The van der Waals surface area contributed by atoms with Crippen molar-refractivity contribution < 1.29 is 0 Å². The quantitative estimate of drug-likeness (QED) is 0.410. The highest BCUT2D eigenvalue weighted by Crippen LogP contribution is 1.76. The van der Waals surface area contributed by atoms with Gasteiger partial charge >= 0.3 is 0 Å². The molecule has 0 saturated carbocycles. The summed E-state index contributed by atoms with van der Waals surface area (Å²) in [7, 11) is 0. The number of aliphatic imine (C=N–C) groups is 3. The van der Waals surface area contributed by atoms with Crippen LogP contribution in [-0.2, 0) is 0 Å². The summed E-state index contributed by atoms with van der Waals surface area (Å²) < 4.78 is 0. The minimum absolute atomic E-state index is 0.688. The molecule has 10 heavy (non-hydrogen) atoms. The van der Waals surface area contributed by atoms with Crippen molar-refractivity contribution in [3.8, 4) is 0 Å². The Kier molecular flexibility index (Phi) is 5.14. The number of hydrogen-bond acceptors (Lipinski definition) is 1. The summed E-state index contributed by atoms with van der Waals surface area (Å²) in [5.74, 6) is 0.688. The third-order valence-electron chi connectivity index (χ3n) is 0.733. The molecular weight excluding hydrogens is 126 g/mol. The first-order valence-corrected chi connectivity index (χ1v) is 2.97. The van der Waals surface area contributed by atoms with Crippen molar-refractivity contribution in [1.82, 2.24) is 0 Å². The molecule has 3 nitrogen and oxygen atoms in total. The van der Waals surface area contributed by atoms with E-state index in [2.05, 4.69) is 21.6 Å². The van der Waals surface area contributed by atoms with Gasteiger partial charge < -0.3 is 0 Å². The highest BCUT2D eigenvalue weighted by molar-refractivity contribution is 5.91. The topological polar surface area (TPSA) is 37.1 Å². The van der Waals surface area contributed by atoms with Crippen molar-refractivity contribution in [3.63, 3.8) is 0 Å². The van der Waals surface area contributed by atoms with Gasteiger partial charge in [0.25, 0.3) is 0 Å². The predicted molar refractivity (Wildman–Crippen MR) is 46.0 cm³/mol. The smallest absolute Gasteiger partial charge is 0.126 e. The maximum absolute atomic E-state index is 3.90. The van der Waals surface area contributed by atoms with Crippen LogP contribution in [-0.4, -0.2) is 18.4 Å². The fraction of sp³-hybridized carbons (Fsp3) is 0.286. The van der Waals surface area contributed by atoms with Crippen LogP contribution in [0.25, 0.3) is 0 Å². The molecule has 0 aliphatic rings. The first kappa shape index (κ1) is 8.75. The van der Waals surface area contributed by atoms with E-state index in [1.165, 1.54) is 12.5 Å². The number of hydrogen-bond donors (Lipinski definition) is 0. The molecule has 0 rings (SSSR count). The Morgan fingerprint density at radius 2 is 2.20 bits per heavy atom. The summed E-state index contributed by atoms with van der Waals surface area (Å²) >= 11 is 0. The molecule has 0 aromatic carbocycles. The minimum atomic E-state index is 0.688. The SMILES string of the molecule is C=CN=CN=C(C)N=CC. The lowest BCUT2D eigenvalue weighted by atomic mass is 10.7. The lowest BCUT2D eigenvalue weighted by Gasteiger charge is -1.82. The highest BCUT2D eigenvalue weighted by atomic mass is 14.9. The molecule has 3 heteroatoms. The maximum Gasteiger partial charge on any atom is 0.126 e. The first-order valence-electron chi connectivity index (χ1n) is 2.97. The second kappa shape index (κ2) is 5.88. The molecule has 0 atom stereocenters. The molecular formula is C7H11N3. The lowest BCUT2D eigenvalue weighted by Crippen LogP contribution is -1.84. The van der Waals surface area contributed by atoms with Crippen LogP contribution in [0.1, 0.15) is 13.8 Å². The number of nitrogens with zero attached hydrogens (tertiary/aromatic N) is 3. The summed E-state index contributed by atoms with van der Waals surface area (Å²) in [6.07, 6.45) is 4.52. The molecule has 0 aromatic rings. The molecule has 0 spiro atoms. The van der Waals surface area contributed by atoms with Crippen LogP contribution in [0.15, 0.2) is 27.8 Å². The highest BCUT2D eigenvalue weighted by Gasteiger charge is 1.76. The van der Waals surface area contributed by atoms with Crippen LogP contribution in [0.2, 0.25) is 0 Å². The van der Waals surface area contributed by atoms with Crippen LogP contribution in [0.4, 0.5) is 0 Å². The van der Waals surface area contributed by atoms with E-state index in [1.807, 2.05) is 6.92 Å². The zero-order valence-corrected chi connectivity index (χ0v) is 6.28. The third kappa shape index (κ3) is 4.90. The van der Waals surface area contributed by atoms with E-state index in [0.717, 1.165) is 0 Å². The van der Waals surface area contributed by atoms with Gasteiger partial charge in [-0.1, -0.05) is 6.58 Å². The summed E-state index contributed by atoms with van der Waals surface area (Å²) in [5, 5.41) is 0. The summed E-state index contributed by atoms with van der Waals surface area (Å²) in [6, 6.07) is 0. The first-order chi connectivity index (χ1) is 4.81. The van der Waals surface area contributed by atoms with E-state index < -0.39 is 0 Å². The molecule has 54 valence electrons. The lowest BCUT2D eigenvalue weighted by molar-refractivity contribution is 1.51. The molecule has 0 N–H and O–H groups in total. The van der Waals surface area contributed by atoms with Gasteiger partial charge in [0.15, 0.2) is 0 Å². The third-order valence-corrected chi connectivity index (χ3v) is 0.733. The Labute approximate surface area is 60.9 Å². The fourth-order valence-corrected chi connectivity index (χ4v) is 0.384. The minimum Gasteiger partial charge on any atom is -0.246 e. The van der Waals surface area contributed by atoms with E-state index in [-0.39, 0.29) is 0 Å². The van der Waals surface area contributed by atoms with Crippen LogP contribution >= 0.6 is 0 Å². The van der Waals surface area contributed by atoms with Gasteiger partial charge in [-0.15, -0.1) is 0 Å². The Morgan fingerprint density at radius 1 is 1.50 bits per heavy atom. The molecule has 0 aliphatic heterocycles. The van der Waals surface area contributed by atoms with Crippen molar-refractivity contribution in [3.05, 3.63) is 12.8 Å². The Balaban J connectivity index is 3.90. The predicted octanol–water partition coefficient (Wildman–Crippen LogP) is 1.67. The zero-order valence-electron chi connectivity index (χ0n) is 6.28. The van der Waals surface area contributed by atoms with Gasteiger partial charge in [-0.25, -0.2) is 15.0 Å².